The first-order chi connectivity index (χ1) is 7.67. The predicted molar refractivity (Wildman–Crippen MR) is 65.8 cm³/mol. The number of ether oxygens (including phenoxy) is 1. The number of amides is 1. The van der Waals surface area contributed by atoms with E-state index in [0.717, 1.165) is 32.1 Å². The van der Waals surface area contributed by atoms with Gasteiger partial charge < -0.3 is 10.1 Å². The van der Waals surface area contributed by atoms with Gasteiger partial charge in [0.1, 0.15) is 6.10 Å². The van der Waals surface area contributed by atoms with Crippen LogP contribution in [0.2, 0.25) is 0 Å². The molecule has 3 nitrogen and oxygen atoms in total. The maximum Gasteiger partial charge on any atom is 0.249 e. The predicted octanol–water partition coefficient (Wildman–Crippen LogP) is 2.47. The topological polar surface area (TPSA) is 38.3 Å². The van der Waals surface area contributed by atoms with Crippen LogP contribution in [-0.2, 0) is 9.53 Å². The lowest BCUT2D eigenvalue weighted by atomic mass is 9.94. The molecule has 0 saturated carbocycles. The summed E-state index contributed by atoms with van der Waals surface area (Å²) in [6.07, 6.45) is 4.40. The van der Waals surface area contributed by atoms with E-state index in [2.05, 4.69) is 5.32 Å². The van der Waals surface area contributed by atoms with Crippen molar-refractivity contribution in [1.29, 1.82) is 0 Å². The summed E-state index contributed by atoms with van der Waals surface area (Å²) in [7, 11) is 0. The molecule has 1 unspecified atom stereocenters. The maximum atomic E-state index is 12.0. The Morgan fingerprint density at radius 2 is 2.12 bits per heavy atom. The zero-order chi connectivity index (χ0) is 12.0. The molecule has 16 heavy (non-hydrogen) atoms. The van der Waals surface area contributed by atoms with Crippen LogP contribution in [0.3, 0.4) is 0 Å². The summed E-state index contributed by atoms with van der Waals surface area (Å²) in [6, 6.07) is 0. The Morgan fingerprint density at radius 1 is 1.44 bits per heavy atom. The van der Waals surface area contributed by atoms with Gasteiger partial charge in [0.15, 0.2) is 0 Å². The molecule has 0 aromatic carbocycles. The van der Waals surface area contributed by atoms with Crippen molar-refractivity contribution in [2.75, 3.05) is 12.5 Å². The molecular weight excluding hydrogens is 226 g/mol. The molecule has 1 heterocycles. The van der Waals surface area contributed by atoms with E-state index in [0.29, 0.717) is 12.5 Å². The molecule has 0 spiro atoms. The number of halogens is 1. The van der Waals surface area contributed by atoms with Crippen LogP contribution in [0.4, 0.5) is 0 Å². The Balaban J connectivity index is 2.53. The van der Waals surface area contributed by atoms with Gasteiger partial charge in [-0.3, -0.25) is 4.79 Å². The van der Waals surface area contributed by atoms with Gasteiger partial charge in [-0.25, -0.2) is 0 Å². The normalized spacial score (nSPS) is 21.8. The Hall–Kier alpha value is -0.280. The molecule has 0 radical (unpaired) electrons. The first-order valence-corrected chi connectivity index (χ1v) is 6.70. The second-order valence-electron chi connectivity index (χ2n) is 4.47. The molecule has 4 heteroatoms. The van der Waals surface area contributed by atoms with Gasteiger partial charge >= 0.3 is 0 Å². The third-order valence-corrected chi connectivity index (χ3v) is 3.98. The van der Waals surface area contributed by atoms with E-state index in [9.17, 15) is 4.79 Å². The van der Waals surface area contributed by atoms with Crippen molar-refractivity contribution in [3.05, 3.63) is 0 Å². The Kier molecular flexibility index (Phi) is 5.56. The van der Waals surface area contributed by atoms with Crippen LogP contribution in [0, 0.1) is 0 Å². The lowest BCUT2D eigenvalue weighted by Crippen LogP contribution is -2.53. The Bertz CT molecular complexity index is 215. The van der Waals surface area contributed by atoms with Crippen LogP contribution in [0.5, 0.6) is 0 Å². The standard InChI is InChI=1S/C12H22ClNO2/c1-3-12(4-2,9-13)14-11(15)10-7-5-6-8-16-10/h10H,3-9H2,1-2H3,(H,14,15). The number of rotatable bonds is 5. The third kappa shape index (κ3) is 3.36. The summed E-state index contributed by atoms with van der Waals surface area (Å²) in [4.78, 5) is 12.0. The van der Waals surface area contributed by atoms with Crippen LogP contribution < -0.4 is 5.32 Å². The third-order valence-electron chi connectivity index (χ3n) is 3.47. The van der Waals surface area contributed by atoms with E-state index in [4.69, 9.17) is 16.3 Å². The largest absolute Gasteiger partial charge is 0.368 e. The molecule has 94 valence electrons. The summed E-state index contributed by atoms with van der Waals surface area (Å²) in [6.45, 7) is 4.80. The fraction of sp³-hybridized carbons (Fsp3) is 0.917. The van der Waals surface area contributed by atoms with Crippen LogP contribution in [0.15, 0.2) is 0 Å². The highest BCUT2D eigenvalue weighted by atomic mass is 35.5. The zero-order valence-corrected chi connectivity index (χ0v) is 11.0. The minimum absolute atomic E-state index is 0.00375. The minimum atomic E-state index is -0.269. The molecule has 1 N–H and O–H groups in total. The highest BCUT2D eigenvalue weighted by Crippen LogP contribution is 2.19. The second kappa shape index (κ2) is 6.45. The maximum absolute atomic E-state index is 12.0. The van der Waals surface area contributed by atoms with Crippen LogP contribution in [-0.4, -0.2) is 30.0 Å². The van der Waals surface area contributed by atoms with Crippen molar-refractivity contribution in [3.63, 3.8) is 0 Å². The highest BCUT2D eigenvalue weighted by molar-refractivity contribution is 6.18. The number of hydrogen-bond acceptors (Lipinski definition) is 2. The highest BCUT2D eigenvalue weighted by Gasteiger charge is 2.31. The number of carbonyl (C=O) groups is 1. The molecule has 1 amide bonds. The van der Waals surface area contributed by atoms with Crippen molar-refractivity contribution in [1.82, 2.24) is 5.32 Å². The average Bonchev–Trinajstić information content (AvgIpc) is 2.37. The number of nitrogens with one attached hydrogen (secondary N) is 1. The van der Waals surface area contributed by atoms with Crippen LogP contribution in [0.25, 0.3) is 0 Å². The Morgan fingerprint density at radius 3 is 2.56 bits per heavy atom. The molecule has 1 atom stereocenters. The van der Waals surface area contributed by atoms with Gasteiger partial charge in [-0.15, -0.1) is 11.6 Å². The van der Waals surface area contributed by atoms with Crippen molar-refractivity contribution in [2.24, 2.45) is 0 Å². The first kappa shape index (κ1) is 13.8. The molecule has 1 aliphatic rings. The molecule has 0 aliphatic carbocycles. The van der Waals surface area contributed by atoms with Gasteiger partial charge in [0, 0.05) is 12.5 Å². The number of alkyl halides is 1. The van der Waals surface area contributed by atoms with Gasteiger partial charge in [0.05, 0.1) is 5.54 Å². The van der Waals surface area contributed by atoms with Gasteiger partial charge in [-0.2, -0.15) is 0 Å². The number of carbonyl (C=O) groups excluding carboxylic acids is 1. The van der Waals surface area contributed by atoms with E-state index in [1.54, 1.807) is 0 Å². The molecule has 1 aliphatic heterocycles. The molecule has 1 fully saturated rings. The molecule has 0 bridgehead atoms. The summed E-state index contributed by atoms with van der Waals surface area (Å²) in [5.74, 6) is 0.461. The molecule has 0 aromatic rings. The average molecular weight is 248 g/mol. The monoisotopic (exact) mass is 247 g/mol. The van der Waals surface area contributed by atoms with Gasteiger partial charge in [-0.05, 0) is 32.1 Å². The van der Waals surface area contributed by atoms with Gasteiger partial charge in [0.25, 0.3) is 0 Å². The molecule has 1 rings (SSSR count). The van der Waals surface area contributed by atoms with Gasteiger partial charge in [-0.1, -0.05) is 13.8 Å². The van der Waals surface area contributed by atoms with E-state index >= 15 is 0 Å². The quantitative estimate of drug-likeness (QED) is 0.758. The Labute approximate surface area is 103 Å². The fourth-order valence-corrected chi connectivity index (χ4v) is 2.38. The van der Waals surface area contributed by atoms with Crippen molar-refractivity contribution >= 4 is 17.5 Å². The second-order valence-corrected chi connectivity index (χ2v) is 4.73. The zero-order valence-electron chi connectivity index (χ0n) is 10.2. The minimum Gasteiger partial charge on any atom is -0.368 e. The molecule has 1 saturated heterocycles. The summed E-state index contributed by atoms with van der Waals surface area (Å²) in [5.41, 5.74) is -0.264. The van der Waals surface area contributed by atoms with E-state index in [1.165, 1.54) is 0 Å². The smallest absolute Gasteiger partial charge is 0.249 e. The van der Waals surface area contributed by atoms with Crippen molar-refractivity contribution in [3.8, 4) is 0 Å². The summed E-state index contributed by atoms with van der Waals surface area (Å²) >= 11 is 5.95. The van der Waals surface area contributed by atoms with Crippen LogP contribution in [0.1, 0.15) is 46.0 Å². The number of hydrogen-bond donors (Lipinski definition) is 1. The van der Waals surface area contributed by atoms with E-state index < -0.39 is 0 Å². The SMILES string of the molecule is CCC(CC)(CCl)NC(=O)C1CCCCO1. The summed E-state index contributed by atoms with van der Waals surface area (Å²) in [5, 5.41) is 3.05. The lowest BCUT2D eigenvalue weighted by Gasteiger charge is -2.33. The fourth-order valence-electron chi connectivity index (χ4n) is 1.94. The van der Waals surface area contributed by atoms with Gasteiger partial charge in [0.2, 0.25) is 5.91 Å². The molecular formula is C12H22ClNO2. The lowest BCUT2D eigenvalue weighted by molar-refractivity contribution is -0.137. The first-order valence-electron chi connectivity index (χ1n) is 6.17. The van der Waals surface area contributed by atoms with Crippen molar-refractivity contribution < 1.29 is 9.53 Å². The summed E-state index contributed by atoms with van der Waals surface area (Å²) < 4.78 is 5.46. The van der Waals surface area contributed by atoms with E-state index in [1.807, 2.05) is 13.8 Å². The van der Waals surface area contributed by atoms with Crippen molar-refractivity contribution in [2.45, 2.75) is 57.6 Å². The molecule has 0 aromatic heterocycles. The van der Waals surface area contributed by atoms with E-state index in [-0.39, 0.29) is 17.6 Å². The van der Waals surface area contributed by atoms with Crippen LogP contribution >= 0.6 is 11.6 Å².